The number of aliphatic imine (C=N–C) groups is 1. The first-order valence-electron chi connectivity index (χ1n) is 4.17. The van der Waals surface area contributed by atoms with E-state index < -0.39 is 0 Å². The molecule has 1 unspecified atom stereocenters. The molecule has 1 aromatic rings. The number of carbonyl (C=O) groups is 1. The predicted molar refractivity (Wildman–Crippen MR) is 68.5 cm³/mol. The van der Waals surface area contributed by atoms with E-state index in [1.807, 2.05) is 19.1 Å². The van der Waals surface area contributed by atoms with Crippen molar-refractivity contribution >= 4 is 56.2 Å². The zero-order valence-corrected chi connectivity index (χ0v) is 11.2. The van der Waals surface area contributed by atoms with Gasteiger partial charge in [-0.2, -0.15) is 0 Å². The molecular weight excluding hydrogens is 357 g/mol. The van der Waals surface area contributed by atoms with E-state index in [1.54, 1.807) is 6.21 Å². The smallest absolute Gasteiger partial charge is 0.173 e. The zero-order valence-electron chi connectivity index (χ0n) is 7.42. The summed E-state index contributed by atoms with van der Waals surface area (Å²) in [5.41, 5.74) is 1.52. The Bertz CT molecular complexity index is 442. The van der Waals surface area contributed by atoms with Gasteiger partial charge in [-0.3, -0.25) is 9.79 Å². The highest BCUT2D eigenvalue weighted by atomic mass is 127. The summed E-state index contributed by atoms with van der Waals surface area (Å²) in [6.45, 7) is 1.86. The molecule has 1 heterocycles. The summed E-state index contributed by atoms with van der Waals surface area (Å²) in [5, 5.41) is 0. The average Bonchev–Trinajstić information content (AvgIpc) is 2.17. The molecule has 0 saturated heterocycles. The number of carbonyl (C=O) groups excluding carboxylic acids is 1. The van der Waals surface area contributed by atoms with Gasteiger partial charge < -0.3 is 0 Å². The fraction of sp³-hybridized carbons (Fsp3) is 0.200. The Kier molecular flexibility index (Phi) is 2.74. The predicted octanol–water partition coefficient (Wildman–Crippen LogP) is 3.59. The summed E-state index contributed by atoms with van der Waals surface area (Å²) in [4.78, 5) is 16.1. The quantitative estimate of drug-likeness (QED) is 0.648. The zero-order chi connectivity index (χ0) is 10.3. The Morgan fingerprint density at radius 1 is 1.50 bits per heavy atom. The van der Waals surface area contributed by atoms with E-state index in [9.17, 15) is 4.79 Å². The summed E-state index contributed by atoms with van der Waals surface area (Å²) < 4.78 is 1.98. The third-order valence-electron chi connectivity index (χ3n) is 2.18. The van der Waals surface area contributed by atoms with Crippen LogP contribution >= 0.6 is 38.5 Å². The van der Waals surface area contributed by atoms with Crippen LogP contribution in [0.5, 0.6) is 0 Å². The highest BCUT2D eigenvalue weighted by Gasteiger charge is 2.23. The number of rotatable bonds is 0. The molecule has 0 aliphatic carbocycles. The van der Waals surface area contributed by atoms with Gasteiger partial charge in [0.25, 0.3) is 0 Å². The van der Waals surface area contributed by atoms with Crippen LogP contribution in [0.2, 0.25) is 0 Å². The fourth-order valence-electron chi connectivity index (χ4n) is 1.36. The van der Waals surface area contributed by atoms with Crippen molar-refractivity contribution in [3.05, 3.63) is 25.7 Å². The Hall–Kier alpha value is -0.230. The monoisotopic (exact) mass is 363 g/mol. The molecule has 1 aliphatic heterocycles. The number of Topliss-reactive ketones (excluding diaryl/α,β-unsaturated/α-hetero) is 1. The molecular formula is C10H7BrINO. The van der Waals surface area contributed by atoms with E-state index in [0.717, 1.165) is 19.3 Å². The van der Waals surface area contributed by atoms with E-state index >= 15 is 0 Å². The molecule has 0 saturated carbocycles. The van der Waals surface area contributed by atoms with Crippen LogP contribution in [0.25, 0.3) is 0 Å². The Balaban J connectivity index is 2.68. The van der Waals surface area contributed by atoms with Crippen LogP contribution in [0.4, 0.5) is 5.69 Å². The van der Waals surface area contributed by atoms with Crippen molar-refractivity contribution in [2.45, 2.75) is 6.92 Å². The van der Waals surface area contributed by atoms with Crippen LogP contribution in [0.15, 0.2) is 21.6 Å². The van der Waals surface area contributed by atoms with Crippen molar-refractivity contribution in [3.8, 4) is 0 Å². The third kappa shape index (κ3) is 1.54. The maximum absolute atomic E-state index is 11.8. The van der Waals surface area contributed by atoms with Crippen molar-refractivity contribution in [1.29, 1.82) is 0 Å². The fourth-order valence-corrected chi connectivity index (χ4v) is 2.29. The van der Waals surface area contributed by atoms with Crippen LogP contribution in [0.3, 0.4) is 0 Å². The van der Waals surface area contributed by atoms with Crippen molar-refractivity contribution < 1.29 is 4.79 Å². The van der Waals surface area contributed by atoms with Crippen molar-refractivity contribution in [3.63, 3.8) is 0 Å². The van der Waals surface area contributed by atoms with E-state index in [0.29, 0.717) is 0 Å². The number of hydrogen-bond acceptors (Lipinski definition) is 2. The third-order valence-corrected chi connectivity index (χ3v) is 4.67. The minimum atomic E-state index is -0.0977. The van der Waals surface area contributed by atoms with Crippen LogP contribution in [0, 0.1) is 9.49 Å². The van der Waals surface area contributed by atoms with Crippen LogP contribution in [-0.2, 0) is 0 Å². The first-order valence-corrected chi connectivity index (χ1v) is 6.05. The summed E-state index contributed by atoms with van der Waals surface area (Å²) in [5.74, 6) is 0.0555. The van der Waals surface area contributed by atoms with Crippen LogP contribution in [-0.4, -0.2) is 12.0 Å². The highest BCUT2D eigenvalue weighted by molar-refractivity contribution is 14.1. The number of hydrogen-bond donors (Lipinski definition) is 0. The Morgan fingerprint density at radius 2 is 2.21 bits per heavy atom. The van der Waals surface area contributed by atoms with E-state index in [1.165, 1.54) is 0 Å². The van der Waals surface area contributed by atoms with Gasteiger partial charge in [0.1, 0.15) is 0 Å². The Labute approximate surface area is 104 Å². The molecule has 0 fully saturated rings. The molecule has 2 rings (SSSR count). The molecule has 1 aromatic carbocycles. The lowest BCUT2D eigenvalue weighted by atomic mass is 9.96. The molecule has 1 atom stereocenters. The van der Waals surface area contributed by atoms with E-state index in [2.05, 4.69) is 43.5 Å². The number of ketones is 1. The molecule has 0 N–H and O–H groups in total. The molecule has 0 radical (unpaired) electrons. The van der Waals surface area contributed by atoms with Gasteiger partial charge in [0.05, 0.1) is 15.2 Å². The highest BCUT2D eigenvalue weighted by Crippen LogP contribution is 2.35. The minimum Gasteiger partial charge on any atom is -0.293 e. The largest absolute Gasteiger partial charge is 0.293 e. The van der Waals surface area contributed by atoms with E-state index in [4.69, 9.17) is 0 Å². The van der Waals surface area contributed by atoms with Crippen LogP contribution < -0.4 is 0 Å². The first-order chi connectivity index (χ1) is 6.61. The summed E-state index contributed by atoms with van der Waals surface area (Å²) in [6, 6.07) is 3.73. The van der Waals surface area contributed by atoms with Crippen molar-refractivity contribution in [1.82, 2.24) is 0 Å². The SMILES string of the molecule is CC1C=Nc2c(ccc(Br)c2I)C1=O. The second kappa shape index (κ2) is 3.73. The molecule has 1 aliphatic rings. The maximum Gasteiger partial charge on any atom is 0.173 e. The summed E-state index contributed by atoms with van der Waals surface area (Å²) >= 11 is 5.61. The molecule has 0 aromatic heterocycles. The lowest BCUT2D eigenvalue weighted by Crippen LogP contribution is -2.16. The minimum absolute atomic E-state index is 0.0977. The molecule has 2 nitrogen and oxygen atoms in total. The number of halogens is 2. The topological polar surface area (TPSA) is 29.4 Å². The molecule has 0 bridgehead atoms. The normalized spacial score (nSPS) is 19.6. The number of nitrogens with zero attached hydrogens (tertiary/aromatic N) is 1. The lowest BCUT2D eigenvalue weighted by molar-refractivity contribution is 0.0962. The van der Waals surface area contributed by atoms with Gasteiger partial charge >= 0.3 is 0 Å². The van der Waals surface area contributed by atoms with Crippen molar-refractivity contribution in [2.24, 2.45) is 10.9 Å². The van der Waals surface area contributed by atoms with Gasteiger partial charge in [-0.1, -0.05) is 6.92 Å². The molecule has 0 amide bonds. The van der Waals surface area contributed by atoms with Gasteiger partial charge in [-0.05, 0) is 50.7 Å². The number of fused-ring (bicyclic) bond motifs is 1. The van der Waals surface area contributed by atoms with Gasteiger partial charge in [0.2, 0.25) is 0 Å². The van der Waals surface area contributed by atoms with Crippen molar-refractivity contribution in [2.75, 3.05) is 0 Å². The summed E-state index contributed by atoms with van der Waals surface area (Å²) in [7, 11) is 0. The van der Waals surface area contributed by atoms with Gasteiger partial charge in [0.15, 0.2) is 5.78 Å². The average molecular weight is 364 g/mol. The standard InChI is InChI=1S/C10H7BrINO/c1-5-4-13-9-6(10(5)14)2-3-7(11)8(9)12/h2-5H,1H3. The molecule has 0 spiro atoms. The molecule has 4 heteroatoms. The maximum atomic E-state index is 11.8. The lowest BCUT2D eigenvalue weighted by Gasteiger charge is -2.15. The first kappa shape index (κ1) is 10.3. The van der Waals surface area contributed by atoms with E-state index in [-0.39, 0.29) is 11.7 Å². The van der Waals surface area contributed by atoms with Crippen LogP contribution in [0.1, 0.15) is 17.3 Å². The van der Waals surface area contributed by atoms with Gasteiger partial charge in [-0.25, -0.2) is 0 Å². The Morgan fingerprint density at radius 3 is 2.93 bits per heavy atom. The molecule has 72 valence electrons. The van der Waals surface area contributed by atoms with Gasteiger partial charge in [0, 0.05) is 16.3 Å². The second-order valence-electron chi connectivity index (χ2n) is 3.19. The second-order valence-corrected chi connectivity index (χ2v) is 5.12. The number of benzene rings is 1. The van der Waals surface area contributed by atoms with Gasteiger partial charge in [-0.15, -0.1) is 0 Å². The summed E-state index contributed by atoms with van der Waals surface area (Å²) in [6.07, 6.45) is 1.71. The molecule has 14 heavy (non-hydrogen) atoms.